The van der Waals surface area contributed by atoms with Crippen molar-refractivity contribution in [1.29, 1.82) is 0 Å². The number of thiocarbonyl (C=S) groups is 1. The Hall–Kier alpha value is -4.25. The van der Waals surface area contributed by atoms with Gasteiger partial charge >= 0.3 is 12.4 Å². The summed E-state index contributed by atoms with van der Waals surface area (Å²) in [4.78, 5) is 16.9. The maximum atomic E-state index is 12.4. The molecule has 0 aliphatic heterocycles. The largest absolute Gasteiger partial charge is 0.573 e. The SMILES string of the molecule is Cc1ccccc1C(=S)NC(=O)NCCCc1cccc(-c2ncn(-c3ccc(OC(F)(F)F)cc3)n2)c1. The number of benzene rings is 3. The van der Waals surface area contributed by atoms with Gasteiger partial charge in [0.1, 0.15) is 17.1 Å². The fourth-order valence-corrected chi connectivity index (χ4v) is 4.04. The van der Waals surface area contributed by atoms with E-state index in [1.807, 2.05) is 55.5 Å². The molecule has 1 aromatic heterocycles. The molecule has 0 radical (unpaired) electrons. The molecule has 7 nitrogen and oxygen atoms in total. The van der Waals surface area contributed by atoms with E-state index in [1.165, 1.54) is 35.3 Å². The Bertz CT molecular complexity index is 1420. The average Bonchev–Trinajstić information content (AvgIpc) is 3.37. The fourth-order valence-electron chi connectivity index (χ4n) is 3.72. The summed E-state index contributed by atoms with van der Waals surface area (Å²) in [7, 11) is 0. The molecule has 0 atom stereocenters. The molecule has 0 bridgehead atoms. The van der Waals surface area contributed by atoms with Gasteiger partial charge in [0.05, 0.1) is 5.69 Å². The number of ether oxygens (including phenoxy) is 1. The molecular formula is C27H24F3N5O2S. The minimum absolute atomic E-state index is 0.310. The Balaban J connectivity index is 1.28. The molecule has 3 aromatic carbocycles. The van der Waals surface area contributed by atoms with Crippen molar-refractivity contribution in [2.24, 2.45) is 0 Å². The van der Waals surface area contributed by atoms with Crippen LogP contribution in [0.15, 0.2) is 79.1 Å². The van der Waals surface area contributed by atoms with Crippen LogP contribution < -0.4 is 15.4 Å². The first-order valence-electron chi connectivity index (χ1n) is 11.7. The molecule has 1 heterocycles. The third-order valence-corrected chi connectivity index (χ3v) is 5.88. The number of halogens is 3. The maximum Gasteiger partial charge on any atom is 0.573 e. The number of rotatable bonds is 8. The van der Waals surface area contributed by atoms with Crippen molar-refractivity contribution in [2.75, 3.05) is 6.54 Å². The molecule has 0 saturated carbocycles. The number of alkyl halides is 3. The molecule has 0 aliphatic carbocycles. The number of aryl methyl sites for hydroxylation is 2. The van der Waals surface area contributed by atoms with Crippen LogP contribution in [0.5, 0.6) is 5.75 Å². The first kappa shape index (κ1) is 26.8. The van der Waals surface area contributed by atoms with Gasteiger partial charge in [-0.05, 0) is 61.2 Å². The molecule has 2 amide bonds. The van der Waals surface area contributed by atoms with Gasteiger partial charge in [0.25, 0.3) is 0 Å². The van der Waals surface area contributed by atoms with E-state index in [9.17, 15) is 18.0 Å². The number of hydrogen-bond acceptors (Lipinski definition) is 5. The Labute approximate surface area is 222 Å². The van der Waals surface area contributed by atoms with Gasteiger partial charge in [-0.3, -0.25) is 5.32 Å². The van der Waals surface area contributed by atoms with E-state index in [0.717, 1.165) is 28.7 Å². The van der Waals surface area contributed by atoms with E-state index in [2.05, 4.69) is 25.5 Å². The molecule has 4 aromatic rings. The van der Waals surface area contributed by atoms with E-state index >= 15 is 0 Å². The second kappa shape index (κ2) is 11.9. The lowest BCUT2D eigenvalue weighted by Gasteiger charge is -2.10. The topological polar surface area (TPSA) is 81.1 Å². The molecular weight excluding hydrogens is 515 g/mol. The van der Waals surface area contributed by atoms with Crippen LogP contribution >= 0.6 is 12.2 Å². The lowest BCUT2D eigenvalue weighted by Crippen LogP contribution is -2.39. The van der Waals surface area contributed by atoms with Gasteiger partial charge in [-0.25, -0.2) is 14.5 Å². The molecule has 0 fully saturated rings. The minimum Gasteiger partial charge on any atom is -0.406 e. The van der Waals surface area contributed by atoms with E-state index in [0.29, 0.717) is 29.5 Å². The van der Waals surface area contributed by atoms with Crippen molar-refractivity contribution in [2.45, 2.75) is 26.1 Å². The monoisotopic (exact) mass is 539 g/mol. The van der Waals surface area contributed by atoms with Crippen LogP contribution in [0, 0.1) is 6.92 Å². The van der Waals surface area contributed by atoms with E-state index in [4.69, 9.17) is 12.2 Å². The predicted molar refractivity (Wildman–Crippen MR) is 141 cm³/mol. The molecule has 0 spiro atoms. The highest BCUT2D eigenvalue weighted by Gasteiger charge is 2.31. The van der Waals surface area contributed by atoms with E-state index in [1.54, 1.807) is 0 Å². The smallest absolute Gasteiger partial charge is 0.406 e. The highest BCUT2D eigenvalue weighted by molar-refractivity contribution is 7.80. The number of nitrogens with zero attached hydrogens (tertiary/aromatic N) is 3. The summed E-state index contributed by atoms with van der Waals surface area (Å²) in [5.41, 5.74) is 4.20. The average molecular weight is 540 g/mol. The number of urea groups is 1. The number of carbonyl (C=O) groups excluding carboxylic acids is 1. The summed E-state index contributed by atoms with van der Waals surface area (Å²) in [6, 6.07) is 20.3. The number of carbonyl (C=O) groups is 1. The first-order chi connectivity index (χ1) is 18.2. The quantitative estimate of drug-likeness (QED) is 0.220. The van der Waals surface area contributed by atoms with Gasteiger partial charge in [0.15, 0.2) is 5.82 Å². The van der Waals surface area contributed by atoms with Crippen LogP contribution in [0.4, 0.5) is 18.0 Å². The van der Waals surface area contributed by atoms with Gasteiger partial charge in [-0.1, -0.05) is 54.7 Å². The Morgan fingerprint density at radius 3 is 2.55 bits per heavy atom. The summed E-state index contributed by atoms with van der Waals surface area (Å²) in [6.07, 6.45) is -1.82. The van der Waals surface area contributed by atoms with Gasteiger partial charge in [0, 0.05) is 17.7 Å². The lowest BCUT2D eigenvalue weighted by molar-refractivity contribution is -0.274. The molecule has 0 saturated heterocycles. The number of nitrogens with one attached hydrogen (secondary N) is 2. The van der Waals surface area contributed by atoms with E-state index < -0.39 is 6.36 Å². The standard InChI is InChI=1S/C27H24F3N5O2S/c1-18-6-2-3-10-23(18)25(38)33-26(36)31-15-5-8-19-7-4-9-20(16-19)24-32-17-35(34-24)21-11-13-22(14-12-21)37-27(28,29)30/h2-4,6-7,9-14,16-17H,5,8,15H2,1H3,(H2,31,33,36,38). The van der Waals surface area contributed by atoms with Crippen LogP contribution in [-0.2, 0) is 6.42 Å². The third-order valence-electron chi connectivity index (χ3n) is 5.56. The predicted octanol–water partition coefficient (Wildman–Crippen LogP) is 5.75. The highest BCUT2D eigenvalue weighted by Crippen LogP contribution is 2.24. The zero-order valence-corrected chi connectivity index (χ0v) is 21.1. The number of hydrogen-bond donors (Lipinski definition) is 2. The van der Waals surface area contributed by atoms with Crippen molar-refractivity contribution in [3.8, 4) is 22.8 Å². The van der Waals surface area contributed by atoms with Crippen LogP contribution in [0.1, 0.15) is 23.1 Å². The molecule has 38 heavy (non-hydrogen) atoms. The second-order valence-corrected chi connectivity index (χ2v) is 8.79. The molecule has 196 valence electrons. The first-order valence-corrected chi connectivity index (χ1v) is 12.1. The second-order valence-electron chi connectivity index (χ2n) is 8.38. The molecule has 2 N–H and O–H groups in total. The molecule has 11 heteroatoms. The third kappa shape index (κ3) is 7.39. The van der Waals surface area contributed by atoms with Crippen molar-refractivity contribution in [1.82, 2.24) is 25.4 Å². The van der Waals surface area contributed by atoms with Crippen molar-refractivity contribution >= 4 is 23.2 Å². The summed E-state index contributed by atoms with van der Waals surface area (Å²) in [5.74, 6) is 0.167. The fraction of sp³-hybridized carbons (Fsp3) is 0.185. The highest BCUT2D eigenvalue weighted by atomic mass is 32.1. The van der Waals surface area contributed by atoms with Gasteiger partial charge in [0.2, 0.25) is 0 Å². The summed E-state index contributed by atoms with van der Waals surface area (Å²) >= 11 is 5.33. The van der Waals surface area contributed by atoms with Crippen LogP contribution in [-0.4, -0.2) is 38.7 Å². The van der Waals surface area contributed by atoms with Gasteiger partial charge < -0.3 is 10.1 Å². The number of aromatic nitrogens is 3. The normalized spacial score (nSPS) is 11.2. The maximum absolute atomic E-state index is 12.4. The molecule has 0 aliphatic rings. The summed E-state index contributed by atoms with van der Waals surface area (Å²) < 4.78 is 42.5. The molecule has 0 unspecified atom stereocenters. The Morgan fingerprint density at radius 1 is 1.05 bits per heavy atom. The van der Waals surface area contributed by atoms with Crippen molar-refractivity contribution in [3.05, 3.63) is 95.8 Å². The van der Waals surface area contributed by atoms with Crippen molar-refractivity contribution in [3.63, 3.8) is 0 Å². The Morgan fingerprint density at radius 2 is 1.82 bits per heavy atom. The van der Waals surface area contributed by atoms with Crippen LogP contribution in [0.25, 0.3) is 17.1 Å². The van der Waals surface area contributed by atoms with Crippen LogP contribution in [0.2, 0.25) is 0 Å². The van der Waals surface area contributed by atoms with Gasteiger partial charge in [-0.2, -0.15) is 0 Å². The zero-order valence-electron chi connectivity index (χ0n) is 20.3. The summed E-state index contributed by atoms with van der Waals surface area (Å²) in [5, 5.41) is 9.96. The van der Waals surface area contributed by atoms with Crippen LogP contribution in [0.3, 0.4) is 0 Å². The summed E-state index contributed by atoms with van der Waals surface area (Å²) in [6.45, 7) is 2.40. The Kier molecular flexibility index (Phi) is 8.37. The number of amides is 2. The van der Waals surface area contributed by atoms with Crippen molar-refractivity contribution < 1.29 is 22.7 Å². The van der Waals surface area contributed by atoms with E-state index in [-0.39, 0.29) is 11.8 Å². The lowest BCUT2D eigenvalue weighted by atomic mass is 10.1. The minimum atomic E-state index is -4.75. The molecule has 4 rings (SSSR count). The van der Waals surface area contributed by atoms with Gasteiger partial charge in [-0.15, -0.1) is 18.3 Å². The zero-order chi connectivity index (χ0) is 27.1.